The molecule has 3 rings (SSSR count). The molecular formula is C17H23FN4O4S. The van der Waals surface area contributed by atoms with Gasteiger partial charge in [-0.3, -0.25) is 9.59 Å². The van der Waals surface area contributed by atoms with Crippen LogP contribution in [-0.4, -0.2) is 68.6 Å². The van der Waals surface area contributed by atoms with Crippen molar-refractivity contribution in [2.24, 2.45) is 5.41 Å². The highest BCUT2D eigenvalue weighted by Gasteiger charge is 2.54. The number of hydrogen-bond donors (Lipinski definition) is 2. The van der Waals surface area contributed by atoms with E-state index in [1.54, 1.807) is 18.2 Å². The minimum Gasteiger partial charge on any atom is -0.354 e. The number of carbonyl (C=O) groups is 2. The van der Waals surface area contributed by atoms with Gasteiger partial charge in [-0.05, 0) is 24.5 Å². The summed E-state index contributed by atoms with van der Waals surface area (Å²) >= 11 is 0. The summed E-state index contributed by atoms with van der Waals surface area (Å²) in [5.41, 5.74) is -0.779. The molecule has 148 valence electrons. The van der Waals surface area contributed by atoms with Gasteiger partial charge < -0.3 is 10.6 Å². The predicted octanol–water partition coefficient (Wildman–Crippen LogP) is -0.519. The van der Waals surface area contributed by atoms with Gasteiger partial charge in [0.05, 0.1) is 5.41 Å². The Balaban J connectivity index is 1.83. The molecular weight excluding hydrogens is 375 g/mol. The van der Waals surface area contributed by atoms with Gasteiger partial charge in [-0.2, -0.15) is 17.0 Å². The number of rotatable bonds is 6. The molecule has 8 nitrogen and oxygen atoms in total. The van der Waals surface area contributed by atoms with Crippen molar-refractivity contribution < 1.29 is 22.4 Å². The van der Waals surface area contributed by atoms with Crippen molar-refractivity contribution in [1.82, 2.24) is 19.2 Å². The summed E-state index contributed by atoms with van der Waals surface area (Å²) in [5, 5.41) is 5.35. The van der Waals surface area contributed by atoms with Gasteiger partial charge in [-0.1, -0.05) is 18.2 Å². The molecule has 2 aliphatic rings. The second-order valence-corrected chi connectivity index (χ2v) is 9.35. The van der Waals surface area contributed by atoms with E-state index >= 15 is 0 Å². The first kappa shape index (κ1) is 19.7. The minimum atomic E-state index is -3.67. The lowest BCUT2D eigenvalue weighted by Gasteiger charge is -2.48. The van der Waals surface area contributed by atoms with Crippen LogP contribution in [0, 0.1) is 11.2 Å². The number of hydrogen-bond acceptors (Lipinski definition) is 4. The van der Waals surface area contributed by atoms with E-state index in [1.165, 1.54) is 24.5 Å². The van der Waals surface area contributed by atoms with E-state index in [1.807, 2.05) is 0 Å². The maximum Gasteiger partial charge on any atom is 0.281 e. The molecule has 2 saturated heterocycles. The quantitative estimate of drug-likeness (QED) is 0.674. The fourth-order valence-electron chi connectivity index (χ4n) is 3.41. The molecule has 0 radical (unpaired) electrons. The molecule has 10 heteroatoms. The Hall–Kier alpha value is -2.04. The smallest absolute Gasteiger partial charge is 0.281 e. The summed E-state index contributed by atoms with van der Waals surface area (Å²) in [6.45, 7) is 0.343. The van der Waals surface area contributed by atoms with Crippen LogP contribution in [0.2, 0.25) is 0 Å². The van der Waals surface area contributed by atoms with Gasteiger partial charge in [0.2, 0.25) is 11.8 Å². The molecule has 1 aromatic carbocycles. The lowest BCUT2D eigenvalue weighted by Crippen LogP contribution is -2.67. The van der Waals surface area contributed by atoms with Crippen LogP contribution >= 0.6 is 0 Å². The third kappa shape index (κ3) is 3.69. The van der Waals surface area contributed by atoms with Crippen molar-refractivity contribution in [2.45, 2.75) is 18.9 Å². The van der Waals surface area contributed by atoms with Crippen LogP contribution in [0.5, 0.6) is 0 Å². The zero-order valence-corrected chi connectivity index (χ0v) is 16.1. The Morgan fingerprint density at radius 3 is 2.59 bits per heavy atom. The van der Waals surface area contributed by atoms with Crippen molar-refractivity contribution in [3.05, 3.63) is 35.6 Å². The molecule has 1 aromatic rings. The molecule has 27 heavy (non-hydrogen) atoms. The van der Waals surface area contributed by atoms with Gasteiger partial charge in [0.1, 0.15) is 11.9 Å². The van der Waals surface area contributed by atoms with E-state index in [4.69, 9.17) is 0 Å². The van der Waals surface area contributed by atoms with Gasteiger partial charge >= 0.3 is 0 Å². The van der Waals surface area contributed by atoms with E-state index < -0.39 is 33.4 Å². The number of halogens is 1. The van der Waals surface area contributed by atoms with Crippen LogP contribution in [0.25, 0.3) is 0 Å². The summed E-state index contributed by atoms with van der Waals surface area (Å²) in [7, 11) is -0.848. The van der Waals surface area contributed by atoms with E-state index in [0.29, 0.717) is 18.5 Å². The second-order valence-electron chi connectivity index (χ2n) is 7.21. The topological polar surface area (TPSA) is 98.8 Å². The fraction of sp³-hybridized carbons (Fsp3) is 0.529. The number of amides is 2. The van der Waals surface area contributed by atoms with Crippen molar-refractivity contribution >= 4 is 22.0 Å². The van der Waals surface area contributed by atoms with Crippen LogP contribution in [-0.2, 0) is 26.2 Å². The first-order valence-corrected chi connectivity index (χ1v) is 10.1. The maximum absolute atomic E-state index is 14.1. The SMILES string of the molecule is CN(C)S(=O)(=O)N1CC(Cc2ccccc2F)(C(=O)NC2CCNC2=O)C1. The molecule has 2 aliphatic heterocycles. The standard InChI is InChI=1S/C17H23FN4O4S/c1-21(2)27(25,26)22-10-17(11-22,9-12-5-3-4-6-13(12)18)16(24)20-14-7-8-19-15(14)23/h3-6,14H,7-11H2,1-2H3,(H,19,23)(H,20,24). The summed E-state index contributed by atoms with van der Waals surface area (Å²) in [6.07, 6.45) is 0.527. The molecule has 0 spiro atoms. The molecule has 1 unspecified atom stereocenters. The Kier molecular flexibility index (Phi) is 5.24. The molecule has 2 fully saturated rings. The largest absolute Gasteiger partial charge is 0.354 e. The summed E-state index contributed by atoms with van der Waals surface area (Å²) < 4.78 is 41.0. The zero-order valence-electron chi connectivity index (χ0n) is 15.2. The number of carbonyl (C=O) groups excluding carboxylic acids is 2. The van der Waals surface area contributed by atoms with Gasteiger partial charge in [-0.15, -0.1) is 0 Å². The molecule has 0 aromatic heterocycles. The lowest BCUT2D eigenvalue weighted by atomic mass is 9.75. The summed E-state index contributed by atoms with van der Waals surface area (Å²) in [4.78, 5) is 24.7. The Labute approximate surface area is 157 Å². The third-order valence-electron chi connectivity index (χ3n) is 5.07. The molecule has 1 atom stereocenters. The highest BCUT2D eigenvalue weighted by molar-refractivity contribution is 7.86. The average molecular weight is 398 g/mol. The van der Waals surface area contributed by atoms with Crippen LogP contribution in [0.1, 0.15) is 12.0 Å². The molecule has 0 bridgehead atoms. The molecule has 0 aliphatic carbocycles. The first-order chi connectivity index (χ1) is 12.7. The molecule has 2 amide bonds. The normalized spacial score (nSPS) is 22.4. The van der Waals surface area contributed by atoms with Crippen molar-refractivity contribution in [1.29, 1.82) is 0 Å². The van der Waals surface area contributed by atoms with Crippen molar-refractivity contribution in [2.75, 3.05) is 33.7 Å². The van der Waals surface area contributed by atoms with E-state index in [-0.39, 0.29) is 25.4 Å². The maximum atomic E-state index is 14.1. The number of benzene rings is 1. The Morgan fingerprint density at radius 1 is 1.37 bits per heavy atom. The van der Waals surface area contributed by atoms with E-state index in [0.717, 1.165) is 4.31 Å². The van der Waals surface area contributed by atoms with Crippen LogP contribution < -0.4 is 10.6 Å². The Morgan fingerprint density at radius 2 is 2.04 bits per heavy atom. The average Bonchev–Trinajstić information content (AvgIpc) is 2.96. The van der Waals surface area contributed by atoms with Gasteiger partial charge in [0, 0.05) is 33.7 Å². The van der Waals surface area contributed by atoms with Crippen molar-refractivity contribution in [3.8, 4) is 0 Å². The Bertz CT molecular complexity index is 852. The number of nitrogens with one attached hydrogen (secondary N) is 2. The van der Waals surface area contributed by atoms with Gasteiger partial charge in [0.25, 0.3) is 10.2 Å². The van der Waals surface area contributed by atoms with Gasteiger partial charge in [0.15, 0.2) is 0 Å². The van der Waals surface area contributed by atoms with E-state index in [2.05, 4.69) is 10.6 Å². The monoisotopic (exact) mass is 398 g/mol. The van der Waals surface area contributed by atoms with Crippen LogP contribution in [0.15, 0.2) is 24.3 Å². The predicted molar refractivity (Wildman–Crippen MR) is 96.3 cm³/mol. The molecule has 0 saturated carbocycles. The zero-order chi connectivity index (χ0) is 19.8. The van der Waals surface area contributed by atoms with Gasteiger partial charge in [-0.25, -0.2) is 4.39 Å². The third-order valence-corrected chi connectivity index (χ3v) is 6.90. The highest BCUT2D eigenvalue weighted by Crippen LogP contribution is 2.37. The summed E-state index contributed by atoms with van der Waals surface area (Å²) in [5.74, 6) is -1.14. The van der Waals surface area contributed by atoms with E-state index in [9.17, 15) is 22.4 Å². The minimum absolute atomic E-state index is 0.0549. The van der Waals surface area contributed by atoms with Crippen LogP contribution in [0.4, 0.5) is 4.39 Å². The molecule has 2 N–H and O–H groups in total. The molecule has 2 heterocycles. The second kappa shape index (κ2) is 7.17. The lowest BCUT2D eigenvalue weighted by molar-refractivity contribution is -0.140. The first-order valence-electron chi connectivity index (χ1n) is 8.65. The number of nitrogens with zero attached hydrogens (tertiary/aromatic N) is 2. The van der Waals surface area contributed by atoms with Crippen molar-refractivity contribution in [3.63, 3.8) is 0 Å². The van der Waals surface area contributed by atoms with Crippen LogP contribution in [0.3, 0.4) is 0 Å². The highest BCUT2D eigenvalue weighted by atomic mass is 32.2. The summed E-state index contributed by atoms with van der Waals surface area (Å²) in [6, 6.07) is 5.46. The fourth-order valence-corrected chi connectivity index (χ4v) is 4.69.